The predicted octanol–water partition coefficient (Wildman–Crippen LogP) is 0.325. The fourth-order valence-corrected chi connectivity index (χ4v) is 3.06. The number of nitrogens with two attached hydrogens (primary N) is 2. The van der Waals surface area contributed by atoms with E-state index >= 15 is 0 Å². The third-order valence-electron chi connectivity index (χ3n) is 3.58. The van der Waals surface area contributed by atoms with E-state index < -0.39 is 81.4 Å². The molecule has 15 heteroatoms. The van der Waals surface area contributed by atoms with E-state index in [1.165, 1.54) is 0 Å². The van der Waals surface area contributed by atoms with Gasteiger partial charge in [-0.15, -0.1) is 0 Å². The first-order chi connectivity index (χ1) is 15.8. The standard InChI is InChI=1S/C20H37N2O12P/c1-13(23)29-9-15(33-14(2)24)11-31-35(27,28)32-12-16(34-18(26)8-20(5,6)22)10-30-17(25)7-19(3,4)21/h15-16H,7-12,21-22H2,1-6H3,(H,27,28)/t15-,16?/m1/s1. The second-order valence-electron chi connectivity index (χ2n) is 9.22. The van der Waals surface area contributed by atoms with Crippen molar-refractivity contribution in [2.45, 2.75) is 77.7 Å². The Morgan fingerprint density at radius 2 is 1.17 bits per heavy atom. The van der Waals surface area contributed by atoms with Gasteiger partial charge in [-0.2, -0.15) is 0 Å². The van der Waals surface area contributed by atoms with Crippen molar-refractivity contribution in [1.29, 1.82) is 0 Å². The molecule has 14 nitrogen and oxygen atoms in total. The first kappa shape index (κ1) is 32.9. The molecule has 35 heavy (non-hydrogen) atoms. The summed E-state index contributed by atoms with van der Waals surface area (Å²) >= 11 is 0. The summed E-state index contributed by atoms with van der Waals surface area (Å²) in [4.78, 5) is 56.2. The zero-order chi connectivity index (χ0) is 27.4. The van der Waals surface area contributed by atoms with E-state index in [0.717, 1.165) is 13.8 Å². The Hall–Kier alpha value is -2.09. The van der Waals surface area contributed by atoms with Gasteiger partial charge in [0.1, 0.15) is 13.2 Å². The number of hydrogen-bond acceptors (Lipinski definition) is 13. The van der Waals surface area contributed by atoms with E-state index in [2.05, 4.69) is 0 Å². The average Bonchev–Trinajstić information content (AvgIpc) is 2.63. The van der Waals surface area contributed by atoms with Gasteiger partial charge in [0.25, 0.3) is 0 Å². The van der Waals surface area contributed by atoms with Gasteiger partial charge in [0.2, 0.25) is 0 Å². The summed E-state index contributed by atoms with van der Waals surface area (Å²) in [7, 11) is -4.76. The van der Waals surface area contributed by atoms with Gasteiger partial charge in [-0.1, -0.05) is 0 Å². The molecule has 0 amide bonds. The van der Waals surface area contributed by atoms with Gasteiger partial charge in [0, 0.05) is 24.9 Å². The quantitative estimate of drug-likeness (QED) is 0.140. The Morgan fingerprint density at radius 1 is 0.743 bits per heavy atom. The highest BCUT2D eigenvalue weighted by molar-refractivity contribution is 7.47. The van der Waals surface area contributed by atoms with Gasteiger partial charge in [-0.25, -0.2) is 4.57 Å². The maximum absolute atomic E-state index is 12.3. The van der Waals surface area contributed by atoms with Crippen LogP contribution in [0.5, 0.6) is 0 Å². The molecule has 204 valence electrons. The molecule has 0 saturated carbocycles. The van der Waals surface area contributed by atoms with Crippen molar-refractivity contribution >= 4 is 31.7 Å². The third-order valence-corrected chi connectivity index (χ3v) is 4.53. The highest BCUT2D eigenvalue weighted by atomic mass is 31.2. The molecular formula is C20H37N2O12P. The van der Waals surface area contributed by atoms with Gasteiger partial charge in [0.15, 0.2) is 12.2 Å². The number of rotatable bonds is 16. The molecule has 0 aromatic heterocycles. The molecule has 0 fully saturated rings. The number of phosphoric ester groups is 1. The van der Waals surface area contributed by atoms with Gasteiger partial charge in [0.05, 0.1) is 26.1 Å². The van der Waals surface area contributed by atoms with E-state index in [1.54, 1.807) is 27.7 Å². The molecule has 2 unspecified atom stereocenters. The molecule has 0 spiro atoms. The van der Waals surface area contributed by atoms with E-state index in [-0.39, 0.29) is 12.8 Å². The molecule has 0 radical (unpaired) electrons. The summed E-state index contributed by atoms with van der Waals surface area (Å²) in [6, 6.07) is 0. The van der Waals surface area contributed by atoms with Crippen molar-refractivity contribution in [2.75, 3.05) is 26.4 Å². The second-order valence-corrected chi connectivity index (χ2v) is 10.7. The highest BCUT2D eigenvalue weighted by Gasteiger charge is 2.30. The molecular weight excluding hydrogens is 491 g/mol. The van der Waals surface area contributed by atoms with Crippen LogP contribution in [-0.4, -0.2) is 78.5 Å². The number of ether oxygens (including phenoxy) is 4. The van der Waals surface area contributed by atoms with E-state index in [0.29, 0.717) is 0 Å². The monoisotopic (exact) mass is 528 g/mol. The Morgan fingerprint density at radius 3 is 1.60 bits per heavy atom. The summed E-state index contributed by atoms with van der Waals surface area (Å²) in [5.41, 5.74) is 9.81. The topological polar surface area (TPSA) is 213 Å². The van der Waals surface area contributed by atoms with Crippen LogP contribution in [0.4, 0.5) is 0 Å². The fraction of sp³-hybridized carbons (Fsp3) is 0.800. The van der Waals surface area contributed by atoms with Gasteiger partial charge in [-0.05, 0) is 27.7 Å². The van der Waals surface area contributed by atoms with Crippen molar-refractivity contribution < 1.29 is 56.6 Å². The van der Waals surface area contributed by atoms with Crippen LogP contribution < -0.4 is 11.5 Å². The molecule has 0 bridgehead atoms. The molecule has 0 rings (SSSR count). The molecule has 0 aromatic rings. The third kappa shape index (κ3) is 19.9. The van der Waals surface area contributed by atoms with Crippen molar-refractivity contribution in [3.8, 4) is 0 Å². The second kappa shape index (κ2) is 14.5. The van der Waals surface area contributed by atoms with Crippen molar-refractivity contribution in [2.24, 2.45) is 11.5 Å². The summed E-state index contributed by atoms with van der Waals surface area (Å²) in [6.07, 6.45) is -2.78. The lowest BCUT2D eigenvalue weighted by molar-refractivity contribution is -0.162. The minimum Gasteiger partial charge on any atom is -0.462 e. The SMILES string of the molecule is CC(=O)OC[C@H](COP(=O)(O)OCC(COC(=O)CC(C)(C)N)OC(=O)CC(C)(C)N)OC(C)=O. The maximum Gasteiger partial charge on any atom is 0.472 e. The fourth-order valence-electron chi connectivity index (χ4n) is 2.28. The van der Waals surface area contributed by atoms with Crippen LogP contribution in [0, 0.1) is 0 Å². The molecule has 5 N–H and O–H groups in total. The Balaban J connectivity index is 5.09. The zero-order valence-electron chi connectivity index (χ0n) is 20.9. The molecule has 0 aliphatic rings. The Bertz CT molecular complexity index is 775. The van der Waals surface area contributed by atoms with Crippen LogP contribution >= 0.6 is 7.82 Å². The number of hydrogen-bond donors (Lipinski definition) is 3. The largest absolute Gasteiger partial charge is 0.472 e. The van der Waals surface area contributed by atoms with Crippen LogP contribution in [0.3, 0.4) is 0 Å². The molecule has 3 atom stereocenters. The van der Waals surface area contributed by atoms with E-state index in [9.17, 15) is 28.6 Å². The minimum atomic E-state index is -4.76. The first-order valence-electron chi connectivity index (χ1n) is 10.6. The van der Waals surface area contributed by atoms with Crippen molar-refractivity contribution in [3.05, 3.63) is 0 Å². The van der Waals surface area contributed by atoms with Gasteiger partial charge < -0.3 is 35.3 Å². The molecule has 0 aliphatic heterocycles. The van der Waals surface area contributed by atoms with Crippen LogP contribution in [0.25, 0.3) is 0 Å². The average molecular weight is 528 g/mol. The highest BCUT2D eigenvalue weighted by Crippen LogP contribution is 2.43. The predicted molar refractivity (Wildman–Crippen MR) is 121 cm³/mol. The molecule has 0 saturated heterocycles. The van der Waals surface area contributed by atoms with Crippen molar-refractivity contribution in [3.63, 3.8) is 0 Å². The van der Waals surface area contributed by atoms with Crippen LogP contribution in [0.15, 0.2) is 0 Å². The minimum absolute atomic E-state index is 0.133. The number of carbonyl (C=O) groups excluding carboxylic acids is 4. The summed E-state index contributed by atoms with van der Waals surface area (Å²) in [5.74, 6) is -2.85. The van der Waals surface area contributed by atoms with Crippen LogP contribution in [0.2, 0.25) is 0 Å². The van der Waals surface area contributed by atoms with Crippen LogP contribution in [-0.2, 0) is 51.7 Å². The lowest BCUT2D eigenvalue weighted by Crippen LogP contribution is -2.39. The normalized spacial score (nSPS) is 15.3. The maximum atomic E-state index is 12.3. The molecule has 0 heterocycles. The van der Waals surface area contributed by atoms with Crippen molar-refractivity contribution in [1.82, 2.24) is 0 Å². The summed E-state index contributed by atoms with van der Waals surface area (Å²) in [5, 5.41) is 0. The van der Waals surface area contributed by atoms with E-state index in [4.69, 9.17) is 39.5 Å². The number of esters is 4. The van der Waals surface area contributed by atoms with E-state index in [1.807, 2.05) is 0 Å². The lowest BCUT2D eigenvalue weighted by Gasteiger charge is -2.24. The summed E-state index contributed by atoms with van der Waals surface area (Å²) in [6.45, 7) is 6.38. The Labute approximate surface area is 204 Å². The number of phosphoric acid groups is 1. The zero-order valence-corrected chi connectivity index (χ0v) is 21.8. The van der Waals surface area contributed by atoms with Gasteiger partial charge >= 0.3 is 31.7 Å². The number of carbonyl (C=O) groups is 4. The summed E-state index contributed by atoms with van der Waals surface area (Å²) < 4.78 is 41.7. The lowest BCUT2D eigenvalue weighted by atomic mass is 10.0. The molecule has 0 aliphatic carbocycles. The smallest absolute Gasteiger partial charge is 0.462 e. The Kier molecular flexibility index (Phi) is 13.6. The molecule has 0 aromatic carbocycles. The van der Waals surface area contributed by atoms with Gasteiger partial charge in [-0.3, -0.25) is 28.2 Å². The first-order valence-corrected chi connectivity index (χ1v) is 12.1. The van der Waals surface area contributed by atoms with Crippen LogP contribution in [0.1, 0.15) is 54.4 Å².